The van der Waals surface area contributed by atoms with Crippen LogP contribution in [0.25, 0.3) is 0 Å². The molecule has 0 heterocycles. The van der Waals surface area contributed by atoms with Crippen LogP contribution in [-0.4, -0.2) is 38.5 Å². The van der Waals surface area contributed by atoms with Crippen molar-refractivity contribution in [2.45, 2.75) is 37.3 Å². The van der Waals surface area contributed by atoms with Gasteiger partial charge in [-0.15, -0.1) is 4.83 Å². The van der Waals surface area contributed by atoms with Crippen molar-refractivity contribution in [3.05, 3.63) is 96.1 Å². The summed E-state index contributed by atoms with van der Waals surface area (Å²) < 4.78 is 36.8. The third-order valence-electron chi connectivity index (χ3n) is 5.24. The predicted molar refractivity (Wildman–Crippen MR) is 131 cm³/mol. The van der Waals surface area contributed by atoms with Crippen LogP contribution in [0.4, 0.5) is 0 Å². The number of rotatable bonds is 11. The Morgan fingerprint density at radius 2 is 1.49 bits per heavy atom. The number of amides is 1. The second-order valence-electron chi connectivity index (χ2n) is 7.69. The molecule has 3 aromatic rings. The lowest BCUT2D eigenvalue weighted by molar-refractivity contribution is -0.157. The smallest absolute Gasteiger partial charge is 0.331 e. The van der Waals surface area contributed by atoms with Gasteiger partial charge in [0.1, 0.15) is 12.4 Å². The molecule has 0 radical (unpaired) electrons. The normalized spacial score (nSPS) is 11.9. The van der Waals surface area contributed by atoms with E-state index >= 15 is 0 Å². The first kappa shape index (κ1) is 25.9. The van der Waals surface area contributed by atoms with Gasteiger partial charge in [-0.3, -0.25) is 4.79 Å². The zero-order valence-corrected chi connectivity index (χ0v) is 20.4. The first-order chi connectivity index (χ1) is 16.8. The Morgan fingerprint density at radius 1 is 0.886 bits per heavy atom. The standard InChI is InChI=1S/C26H28N2O6S/c1-3-25(29)28(27-35(31,32)23-12-8-5-9-13-23)24(18-20-14-16-22(33-2)17-15-20)26(30)34-19-21-10-6-4-7-11-21/h4-17,24,27H,3,18-19H2,1-2H3. The van der Waals surface area contributed by atoms with Crippen LogP contribution >= 0.6 is 0 Å². The molecule has 0 spiro atoms. The fraction of sp³-hybridized carbons (Fsp3) is 0.231. The van der Waals surface area contributed by atoms with Gasteiger partial charge in [0.05, 0.1) is 12.0 Å². The van der Waals surface area contributed by atoms with Crippen LogP contribution in [-0.2, 0) is 37.4 Å². The van der Waals surface area contributed by atoms with E-state index in [-0.39, 0.29) is 24.3 Å². The molecule has 0 saturated carbocycles. The van der Waals surface area contributed by atoms with E-state index in [1.165, 1.54) is 12.1 Å². The molecule has 9 heteroatoms. The number of hydrogen-bond acceptors (Lipinski definition) is 6. The molecule has 1 amide bonds. The lowest BCUT2D eigenvalue weighted by Gasteiger charge is -2.30. The van der Waals surface area contributed by atoms with Crippen LogP contribution in [0.3, 0.4) is 0 Å². The number of esters is 1. The number of benzene rings is 3. The molecule has 0 aliphatic heterocycles. The molecule has 3 aromatic carbocycles. The molecular formula is C26H28N2O6S. The van der Waals surface area contributed by atoms with Crippen molar-refractivity contribution in [2.75, 3.05) is 7.11 Å². The molecular weight excluding hydrogens is 468 g/mol. The predicted octanol–water partition coefficient (Wildman–Crippen LogP) is 3.48. The Labute approximate surface area is 205 Å². The van der Waals surface area contributed by atoms with E-state index in [0.717, 1.165) is 10.6 Å². The van der Waals surface area contributed by atoms with Crippen LogP contribution in [0.5, 0.6) is 5.75 Å². The van der Waals surface area contributed by atoms with Crippen molar-refractivity contribution < 1.29 is 27.5 Å². The minimum atomic E-state index is -4.14. The molecule has 0 fully saturated rings. The number of nitrogens with zero attached hydrogens (tertiary/aromatic N) is 1. The summed E-state index contributed by atoms with van der Waals surface area (Å²) in [6, 6.07) is 22.4. The average molecular weight is 497 g/mol. The SMILES string of the molecule is CCC(=O)N(NS(=O)(=O)c1ccccc1)C(Cc1ccc(OC)cc1)C(=O)OCc1ccccc1. The van der Waals surface area contributed by atoms with E-state index in [0.29, 0.717) is 11.3 Å². The maximum Gasteiger partial charge on any atom is 0.331 e. The second kappa shape index (κ2) is 12.1. The zero-order chi connectivity index (χ0) is 25.3. The number of carbonyl (C=O) groups excluding carboxylic acids is 2. The van der Waals surface area contributed by atoms with E-state index in [4.69, 9.17) is 9.47 Å². The molecule has 35 heavy (non-hydrogen) atoms. The maximum atomic E-state index is 13.3. The van der Waals surface area contributed by atoms with Gasteiger partial charge in [0, 0.05) is 12.8 Å². The van der Waals surface area contributed by atoms with Gasteiger partial charge in [-0.25, -0.2) is 18.2 Å². The Balaban J connectivity index is 1.92. The fourth-order valence-electron chi connectivity index (χ4n) is 3.33. The summed E-state index contributed by atoms with van der Waals surface area (Å²) in [5.74, 6) is -0.676. The van der Waals surface area contributed by atoms with Crippen molar-refractivity contribution in [3.63, 3.8) is 0 Å². The lowest BCUT2D eigenvalue weighted by atomic mass is 10.0. The van der Waals surface area contributed by atoms with Gasteiger partial charge >= 0.3 is 5.97 Å². The van der Waals surface area contributed by atoms with E-state index in [1.54, 1.807) is 68.6 Å². The van der Waals surface area contributed by atoms with Crippen LogP contribution in [0, 0.1) is 0 Å². The maximum absolute atomic E-state index is 13.3. The molecule has 0 aliphatic carbocycles. The Morgan fingerprint density at radius 3 is 2.06 bits per heavy atom. The minimum absolute atomic E-state index is 0.0155. The van der Waals surface area contributed by atoms with Crippen molar-refractivity contribution in [3.8, 4) is 5.75 Å². The quantitative estimate of drug-likeness (QED) is 0.322. The number of hydrogen-bond donors (Lipinski definition) is 1. The van der Waals surface area contributed by atoms with Crippen molar-refractivity contribution in [1.82, 2.24) is 9.84 Å². The van der Waals surface area contributed by atoms with E-state index < -0.39 is 27.9 Å². The Hall–Kier alpha value is -3.69. The molecule has 1 atom stereocenters. The monoisotopic (exact) mass is 496 g/mol. The largest absolute Gasteiger partial charge is 0.497 e. The highest BCUT2D eigenvalue weighted by molar-refractivity contribution is 7.89. The molecule has 0 saturated heterocycles. The zero-order valence-electron chi connectivity index (χ0n) is 19.6. The van der Waals surface area contributed by atoms with Gasteiger partial charge in [-0.1, -0.05) is 67.6 Å². The topological polar surface area (TPSA) is 102 Å². The van der Waals surface area contributed by atoms with E-state index in [9.17, 15) is 18.0 Å². The number of methoxy groups -OCH3 is 1. The molecule has 0 aromatic heterocycles. The first-order valence-corrected chi connectivity index (χ1v) is 12.6. The molecule has 3 rings (SSSR count). The minimum Gasteiger partial charge on any atom is -0.497 e. The number of nitrogens with one attached hydrogen (secondary N) is 1. The molecule has 1 N–H and O–H groups in total. The van der Waals surface area contributed by atoms with Crippen LogP contribution in [0.15, 0.2) is 89.8 Å². The van der Waals surface area contributed by atoms with Crippen molar-refractivity contribution in [1.29, 1.82) is 0 Å². The van der Waals surface area contributed by atoms with Gasteiger partial charge < -0.3 is 9.47 Å². The highest BCUT2D eigenvalue weighted by Gasteiger charge is 2.34. The van der Waals surface area contributed by atoms with Crippen molar-refractivity contribution in [2.24, 2.45) is 0 Å². The van der Waals surface area contributed by atoms with Crippen LogP contribution < -0.4 is 9.57 Å². The molecule has 0 bridgehead atoms. The number of carbonyl (C=O) groups is 2. The van der Waals surface area contributed by atoms with Crippen LogP contribution in [0.1, 0.15) is 24.5 Å². The molecule has 8 nitrogen and oxygen atoms in total. The van der Waals surface area contributed by atoms with Gasteiger partial charge in [0.15, 0.2) is 6.04 Å². The average Bonchev–Trinajstić information content (AvgIpc) is 2.90. The van der Waals surface area contributed by atoms with Gasteiger partial charge in [-0.05, 0) is 35.4 Å². The van der Waals surface area contributed by atoms with E-state index in [1.807, 2.05) is 18.2 Å². The Kier molecular flexibility index (Phi) is 8.99. The highest BCUT2D eigenvalue weighted by atomic mass is 32.2. The third-order valence-corrected chi connectivity index (χ3v) is 6.57. The molecule has 184 valence electrons. The lowest BCUT2D eigenvalue weighted by Crippen LogP contribution is -2.55. The molecule has 0 aliphatic rings. The second-order valence-corrected chi connectivity index (χ2v) is 9.35. The summed E-state index contributed by atoms with van der Waals surface area (Å²) in [6.07, 6.45) is 0.00303. The Bertz CT molecular complexity index is 1220. The first-order valence-electron chi connectivity index (χ1n) is 11.1. The van der Waals surface area contributed by atoms with Crippen LogP contribution in [0.2, 0.25) is 0 Å². The highest BCUT2D eigenvalue weighted by Crippen LogP contribution is 2.18. The summed E-state index contributed by atoms with van der Waals surface area (Å²) in [5, 5.41) is 0.861. The fourth-order valence-corrected chi connectivity index (χ4v) is 4.44. The summed E-state index contributed by atoms with van der Waals surface area (Å²) in [4.78, 5) is 28.4. The summed E-state index contributed by atoms with van der Waals surface area (Å²) in [6.45, 7) is 1.57. The number of ether oxygens (including phenoxy) is 2. The van der Waals surface area contributed by atoms with Crippen molar-refractivity contribution >= 4 is 21.9 Å². The van der Waals surface area contributed by atoms with Gasteiger partial charge in [0.25, 0.3) is 10.0 Å². The van der Waals surface area contributed by atoms with Gasteiger partial charge in [0.2, 0.25) is 5.91 Å². The van der Waals surface area contributed by atoms with E-state index in [2.05, 4.69) is 4.83 Å². The summed E-state index contributed by atoms with van der Waals surface area (Å²) >= 11 is 0. The number of hydrazine groups is 1. The summed E-state index contributed by atoms with van der Waals surface area (Å²) in [7, 11) is -2.60. The molecule has 1 unspecified atom stereocenters. The van der Waals surface area contributed by atoms with Gasteiger partial charge in [-0.2, -0.15) is 0 Å². The summed E-state index contributed by atoms with van der Waals surface area (Å²) in [5.41, 5.74) is 1.46. The number of sulfonamides is 1. The third kappa shape index (κ3) is 7.14.